The molecule has 146 valence electrons. The molecular formula is C19H24ClN3O3S. The molecule has 1 aromatic carbocycles. The van der Waals surface area contributed by atoms with Crippen LogP contribution >= 0.6 is 11.6 Å². The molecule has 0 bridgehead atoms. The van der Waals surface area contributed by atoms with Gasteiger partial charge in [0.2, 0.25) is 11.7 Å². The molecule has 1 fully saturated rings. The standard InChI is InChI=1S/C19H24ClN3O3S/c1-12(2)13-7-8-14(18(24)15-11-21-23(3)19(15)25)16(20)17(13)22-27(26)9-5-4-6-10-27/h7-8,11-12,25H,4-6,9-10H2,1-3H3. The van der Waals surface area contributed by atoms with Gasteiger partial charge >= 0.3 is 0 Å². The first-order valence-corrected chi connectivity index (χ1v) is 11.3. The summed E-state index contributed by atoms with van der Waals surface area (Å²) in [5.74, 6) is 0.575. The molecule has 0 unspecified atom stereocenters. The number of carbonyl (C=O) groups is 1. The Bertz CT molecular complexity index is 992. The lowest BCUT2D eigenvalue weighted by Crippen LogP contribution is -2.16. The Morgan fingerprint density at radius 3 is 2.48 bits per heavy atom. The fourth-order valence-electron chi connectivity index (χ4n) is 3.24. The Kier molecular flexibility index (Phi) is 5.63. The van der Waals surface area contributed by atoms with E-state index in [9.17, 15) is 14.1 Å². The van der Waals surface area contributed by atoms with E-state index in [0.29, 0.717) is 17.2 Å². The van der Waals surface area contributed by atoms with Gasteiger partial charge in [-0.15, -0.1) is 0 Å². The lowest BCUT2D eigenvalue weighted by Gasteiger charge is -2.19. The highest BCUT2D eigenvalue weighted by Gasteiger charge is 2.24. The molecule has 2 heterocycles. The Morgan fingerprint density at radius 2 is 1.93 bits per heavy atom. The van der Waals surface area contributed by atoms with Gasteiger partial charge < -0.3 is 5.11 Å². The van der Waals surface area contributed by atoms with E-state index in [1.54, 1.807) is 13.1 Å². The highest BCUT2D eigenvalue weighted by molar-refractivity contribution is 7.93. The van der Waals surface area contributed by atoms with E-state index in [4.69, 9.17) is 11.6 Å². The van der Waals surface area contributed by atoms with Crippen LogP contribution in [0.3, 0.4) is 0 Å². The van der Waals surface area contributed by atoms with Crippen LogP contribution in [0, 0.1) is 0 Å². The molecule has 0 atom stereocenters. The van der Waals surface area contributed by atoms with Crippen molar-refractivity contribution in [2.45, 2.75) is 39.0 Å². The van der Waals surface area contributed by atoms with Crippen molar-refractivity contribution in [2.75, 3.05) is 11.5 Å². The van der Waals surface area contributed by atoms with Crippen LogP contribution in [0.1, 0.15) is 60.5 Å². The van der Waals surface area contributed by atoms with Gasteiger partial charge in [-0.2, -0.15) is 9.46 Å². The summed E-state index contributed by atoms with van der Waals surface area (Å²) in [6.07, 6.45) is 4.15. The smallest absolute Gasteiger partial charge is 0.220 e. The van der Waals surface area contributed by atoms with Gasteiger partial charge in [0, 0.05) is 24.1 Å². The van der Waals surface area contributed by atoms with Crippen molar-refractivity contribution in [3.63, 3.8) is 0 Å². The maximum Gasteiger partial charge on any atom is 0.220 e. The number of aryl methyl sites for hydroxylation is 1. The van der Waals surface area contributed by atoms with Crippen LogP contribution in [-0.2, 0) is 16.8 Å². The van der Waals surface area contributed by atoms with Crippen LogP contribution in [-0.4, -0.2) is 36.4 Å². The maximum atomic E-state index is 13.1. The fourth-order valence-corrected chi connectivity index (χ4v) is 5.82. The number of hydrogen-bond acceptors (Lipinski definition) is 5. The van der Waals surface area contributed by atoms with Crippen molar-refractivity contribution in [3.05, 3.63) is 40.0 Å². The van der Waals surface area contributed by atoms with E-state index in [1.165, 1.54) is 10.9 Å². The monoisotopic (exact) mass is 409 g/mol. The number of hydrogen-bond donors (Lipinski definition) is 1. The average molecular weight is 410 g/mol. The van der Waals surface area contributed by atoms with Crippen LogP contribution < -0.4 is 0 Å². The summed E-state index contributed by atoms with van der Waals surface area (Å²) >= 11 is 6.59. The minimum absolute atomic E-state index is 0.0736. The van der Waals surface area contributed by atoms with Gasteiger partial charge in [0.05, 0.1) is 26.6 Å². The molecule has 1 aromatic heterocycles. The van der Waals surface area contributed by atoms with E-state index >= 15 is 0 Å². The first-order valence-electron chi connectivity index (χ1n) is 9.04. The van der Waals surface area contributed by atoms with Gasteiger partial charge in [0.25, 0.3) is 0 Å². The van der Waals surface area contributed by atoms with E-state index < -0.39 is 15.5 Å². The molecule has 0 spiro atoms. The number of aromatic nitrogens is 2. The zero-order valence-corrected chi connectivity index (χ0v) is 17.3. The van der Waals surface area contributed by atoms with Gasteiger partial charge in [-0.1, -0.05) is 37.9 Å². The molecule has 0 radical (unpaired) electrons. The van der Waals surface area contributed by atoms with Gasteiger partial charge in [-0.25, -0.2) is 8.89 Å². The molecule has 6 nitrogen and oxygen atoms in total. The minimum Gasteiger partial charge on any atom is -0.493 e. The lowest BCUT2D eigenvalue weighted by atomic mass is 9.96. The molecule has 0 aliphatic carbocycles. The molecule has 1 aliphatic rings. The summed E-state index contributed by atoms with van der Waals surface area (Å²) in [4.78, 5) is 12.9. The third kappa shape index (κ3) is 3.89. The Hall–Kier alpha value is -1.86. The van der Waals surface area contributed by atoms with Gasteiger partial charge in [0.15, 0.2) is 0 Å². The molecule has 8 heteroatoms. The van der Waals surface area contributed by atoms with Crippen LogP contribution in [0.2, 0.25) is 5.02 Å². The highest BCUT2D eigenvalue weighted by atomic mass is 35.5. The summed E-state index contributed by atoms with van der Waals surface area (Å²) in [7, 11) is -0.824. The number of benzene rings is 1. The molecule has 1 saturated heterocycles. The summed E-state index contributed by atoms with van der Waals surface area (Å²) in [5, 5.41) is 14.1. The molecule has 0 amide bonds. The normalized spacial score (nSPS) is 16.5. The molecule has 2 aromatic rings. The second-order valence-electron chi connectivity index (χ2n) is 7.19. The Balaban J connectivity index is 2.16. The molecule has 1 aliphatic heterocycles. The molecule has 27 heavy (non-hydrogen) atoms. The molecular weight excluding hydrogens is 386 g/mol. The third-order valence-electron chi connectivity index (χ3n) is 4.85. The van der Waals surface area contributed by atoms with E-state index in [-0.39, 0.29) is 27.9 Å². The first kappa shape index (κ1) is 19.9. The van der Waals surface area contributed by atoms with Crippen LogP contribution in [0.25, 0.3) is 0 Å². The Morgan fingerprint density at radius 1 is 1.26 bits per heavy atom. The second-order valence-corrected chi connectivity index (χ2v) is 10.1. The number of halogens is 1. The fraction of sp³-hybridized carbons (Fsp3) is 0.474. The predicted molar refractivity (Wildman–Crippen MR) is 108 cm³/mol. The second kappa shape index (κ2) is 7.64. The summed E-state index contributed by atoms with van der Waals surface area (Å²) in [6.45, 7) is 4.01. The van der Waals surface area contributed by atoms with Crippen molar-refractivity contribution >= 4 is 32.8 Å². The zero-order chi connectivity index (χ0) is 19.8. The van der Waals surface area contributed by atoms with Gasteiger partial charge in [0.1, 0.15) is 5.56 Å². The van der Waals surface area contributed by atoms with Gasteiger partial charge in [-0.05, 0) is 30.4 Å². The minimum atomic E-state index is -2.37. The van der Waals surface area contributed by atoms with Crippen molar-refractivity contribution in [3.8, 4) is 5.88 Å². The number of carbonyl (C=O) groups excluding carboxylic acids is 1. The lowest BCUT2D eigenvalue weighted by molar-refractivity contribution is 0.103. The molecule has 3 rings (SSSR count). The molecule has 1 N–H and O–H groups in total. The zero-order valence-electron chi connectivity index (χ0n) is 15.7. The van der Waals surface area contributed by atoms with Crippen molar-refractivity contribution in [2.24, 2.45) is 11.4 Å². The Labute approximate surface area is 164 Å². The van der Waals surface area contributed by atoms with E-state index in [0.717, 1.165) is 24.8 Å². The summed E-state index contributed by atoms with van der Waals surface area (Å²) < 4.78 is 19.0. The third-order valence-corrected chi connectivity index (χ3v) is 7.60. The summed E-state index contributed by atoms with van der Waals surface area (Å²) in [5.41, 5.74) is 1.60. The van der Waals surface area contributed by atoms with Crippen LogP contribution in [0.15, 0.2) is 22.7 Å². The topological polar surface area (TPSA) is 84.6 Å². The number of ketones is 1. The van der Waals surface area contributed by atoms with Crippen LogP contribution in [0.4, 0.5) is 5.69 Å². The van der Waals surface area contributed by atoms with Crippen molar-refractivity contribution < 1.29 is 14.1 Å². The average Bonchev–Trinajstić information content (AvgIpc) is 2.95. The first-order chi connectivity index (χ1) is 12.7. The van der Waals surface area contributed by atoms with E-state index in [1.807, 2.05) is 19.9 Å². The van der Waals surface area contributed by atoms with Crippen molar-refractivity contribution in [1.29, 1.82) is 0 Å². The number of rotatable bonds is 4. The maximum absolute atomic E-state index is 13.1. The largest absolute Gasteiger partial charge is 0.493 e. The SMILES string of the molecule is CC(C)c1ccc(C(=O)c2cnn(C)c2O)c(Cl)c1N=S1(=O)CCCCC1. The number of nitrogens with zero attached hydrogens (tertiary/aromatic N) is 3. The highest BCUT2D eigenvalue weighted by Crippen LogP contribution is 2.39. The predicted octanol–water partition coefficient (Wildman–Crippen LogP) is 4.42. The van der Waals surface area contributed by atoms with E-state index in [2.05, 4.69) is 9.46 Å². The number of aromatic hydroxyl groups is 1. The quantitative estimate of drug-likeness (QED) is 0.757. The van der Waals surface area contributed by atoms with Crippen molar-refractivity contribution in [1.82, 2.24) is 9.78 Å². The van der Waals surface area contributed by atoms with Gasteiger partial charge in [-0.3, -0.25) is 4.79 Å². The summed E-state index contributed by atoms with van der Waals surface area (Å²) in [6, 6.07) is 3.45. The molecule has 0 saturated carbocycles. The van der Waals surface area contributed by atoms with Crippen LogP contribution in [0.5, 0.6) is 5.88 Å².